The van der Waals surface area contributed by atoms with E-state index in [9.17, 15) is 14.7 Å². The van der Waals surface area contributed by atoms with Crippen LogP contribution in [0, 0.1) is 0 Å². The Kier molecular flexibility index (Phi) is 55.9. The summed E-state index contributed by atoms with van der Waals surface area (Å²) < 4.78 is 10.7. The predicted octanol–water partition coefficient (Wildman–Crippen LogP) is 19.8. The van der Waals surface area contributed by atoms with Crippen molar-refractivity contribution in [2.45, 2.75) is 290 Å². The van der Waals surface area contributed by atoms with Gasteiger partial charge in [-0.25, -0.2) is 0 Å². The summed E-state index contributed by atoms with van der Waals surface area (Å²) in [6, 6.07) is 0. The summed E-state index contributed by atoms with van der Waals surface area (Å²) in [6.45, 7) is 4.01. The minimum Gasteiger partial charge on any atom is -0.462 e. The number of aliphatic hydroxyl groups is 1. The van der Waals surface area contributed by atoms with Crippen molar-refractivity contribution in [1.82, 2.24) is 0 Å². The minimum atomic E-state index is -0.777. The van der Waals surface area contributed by atoms with Crippen molar-refractivity contribution in [3.05, 3.63) is 85.1 Å². The quantitative estimate of drug-likeness (QED) is 0.0374. The molecule has 0 bridgehead atoms. The highest BCUT2D eigenvalue weighted by molar-refractivity contribution is 5.70. The molecule has 68 heavy (non-hydrogen) atoms. The number of carbonyl (C=O) groups excluding carboxylic acids is 2. The van der Waals surface area contributed by atoms with Crippen molar-refractivity contribution in [3.8, 4) is 0 Å². The topological polar surface area (TPSA) is 72.8 Å². The standard InChI is InChI=1S/C63H110O5/c1-3-5-7-9-11-13-15-17-19-21-22-23-24-25-26-27-28-29-30-31-32-33-34-35-36-37-38-39-40-42-44-46-48-50-52-54-56-58-63(66)68-61(59-64)60-67-62(65)57-55-53-51-49-47-45-43-41-20-18-16-14-12-10-8-6-4-2/h5,7,11-14,17-20,22-23,25-26,61,64H,3-4,6,8-10,15-16,21,24,27-60H2,1-2H3/b7-5-,13-11-,14-12-,19-17-,20-18-,23-22-,26-25-. The van der Waals surface area contributed by atoms with Gasteiger partial charge in [0.25, 0.3) is 0 Å². The highest BCUT2D eigenvalue weighted by Gasteiger charge is 2.16. The summed E-state index contributed by atoms with van der Waals surface area (Å²) in [7, 11) is 0. The van der Waals surface area contributed by atoms with Gasteiger partial charge in [-0.05, 0) is 89.9 Å². The Hall–Kier alpha value is -2.92. The first-order valence-electron chi connectivity index (χ1n) is 29.1. The summed E-state index contributed by atoms with van der Waals surface area (Å²) >= 11 is 0. The number of unbranched alkanes of at least 4 members (excludes halogenated alkanes) is 31. The highest BCUT2D eigenvalue weighted by Crippen LogP contribution is 2.17. The van der Waals surface area contributed by atoms with Crippen molar-refractivity contribution in [1.29, 1.82) is 0 Å². The summed E-state index contributed by atoms with van der Waals surface area (Å²) in [5.41, 5.74) is 0. The van der Waals surface area contributed by atoms with Crippen LogP contribution in [0.25, 0.3) is 0 Å². The number of hydrogen-bond acceptors (Lipinski definition) is 5. The number of esters is 2. The lowest BCUT2D eigenvalue weighted by molar-refractivity contribution is -0.161. The van der Waals surface area contributed by atoms with E-state index in [-0.39, 0.29) is 25.2 Å². The van der Waals surface area contributed by atoms with Gasteiger partial charge in [-0.3, -0.25) is 9.59 Å². The lowest BCUT2D eigenvalue weighted by Gasteiger charge is -2.15. The van der Waals surface area contributed by atoms with Crippen LogP contribution in [0.1, 0.15) is 284 Å². The Morgan fingerprint density at radius 3 is 0.956 bits per heavy atom. The number of carbonyl (C=O) groups is 2. The zero-order chi connectivity index (χ0) is 49.2. The van der Waals surface area contributed by atoms with Crippen LogP contribution in [0.5, 0.6) is 0 Å². The smallest absolute Gasteiger partial charge is 0.306 e. The maximum Gasteiger partial charge on any atom is 0.306 e. The van der Waals surface area contributed by atoms with Crippen LogP contribution >= 0.6 is 0 Å². The Labute approximate surface area is 422 Å². The van der Waals surface area contributed by atoms with E-state index in [0.29, 0.717) is 12.8 Å². The van der Waals surface area contributed by atoms with E-state index < -0.39 is 6.10 Å². The van der Waals surface area contributed by atoms with Gasteiger partial charge in [-0.1, -0.05) is 266 Å². The zero-order valence-corrected chi connectivity index (χ0v) is 44.9. The van der Waals surface area contributed by atoms with Crippen molar-refractivity contribution in [2.24, 2.45) is 0 Å². The second-order valence-corrected chi connectivity index (χ2v) is 19.3. The van der Waals surface area contributed by atoms with Crippen LogP contribution in [0.4, 0.5) is 0 Å². The summed E-state index contributed by atoms with van der Waals surface area (Å²) in [4.78, 5) is 24.5. The molecular weight excluding hydrogens is 837 g/mol. The molecule has 0 aromatic heterocycles. The van der Waals surface area contributed by atoms with E-state index in [1.54, 1.807) is 0 Å². The molecule has 0 saturated carbocycles. The van der Waals surface area contributed by atoms with Gasteiger partial charge in [0, 0.05) is 12.8 Å². The van der Waals surface area contributed by atoms with Crippen LogP contribution in [0.2, 0.25) is 0 Å². The van der Waals surface area contributed by atoms with Gasteiger partial charge in [0.15, 0.2) is 6.10 Å². The fourth-order valence-corrected chi connectivity index (χ4v) is 8.32. The monoisotopic (exact) mass is 947 g/mol. The van der Waals surface area contributed by atoms with E-state index in [0.717, 1.165) is 83.5 Å². The van der Waals surface area contributed by atoms with E-state index in [4.69, 9.17) is 9.47 Å². The third-order valence-corrected chi connectivity index (χ3v) is 12.7. The number of allylic oxidation sites excluding steroid dienone is 14. The molecule has 1 unspecified atom stereocenters. The SMILES string of the molecule is CC/C=C\C/C=C\C/C=C\C/C=C\C/C=C\CCCCCCCCCCCCCCCCCCCCCCCC(=O)OC(CO)COC(=O)CCCCCCCCC/C=C\C/C=C\CCCCC. The van der Waals surface area contributed by atoms with Crippen LogP contribution < -0.4 is 0 Å². The number of aliphatic hydroxyl groups excluding tert-OH is 1. The molecule has 0 aliphatic heterocycles. The maximum absolute atomic E-state index is 12.3. The molecule has 0 heterocycles. The largest absolute Gasteiger partial charge is 0.462 e. The average Bonchev–Trinajstić information content (AvgIpc) is 3.34. The summed E-state index contributed by atoms with van der Waals surface area (Å²) in [6.07, 6.45) is 81.4. The molecule has 0 aliphatic rings. The molecule has 5 nitrogen and oxygen atoms in total. The summed E-state index contributed by atoms with van der Waals surface area (Å²) in [5.74, 6) is -0.591. The van der Waals surface area contributed by atoms with Crippen molar-refractivity contribution in [3.63, 3.8) is 0 Å². The van der Waals surface area contributed by atoms with E-state index in [1.807, 2.05) is 0 Å². The molecule has 0 aromatic rings. The fraction of sp³-hybridized carbons (Fsp3) is 0.746. The lowest BCUT2D eigenvalue weighted by Crippen LogP contribution is -2.28. The van der Waals surface area contributed by atoms with Gasteiger partial charge in [0.2, 0.25) is 0 Å². The van der Waals surface area contributed by atoms with Gasteiger partial charge in [0.1, 0.15) is 6.61 Å². The Balaban J connectivity index is 3.44. The molecule has 0 aliphatic carbocycles. The van der Waals surface area contributed by atoms with Crippen molar-refractivity contribution >= 4 is 11.9 Å². The molecule has 0 spiro atoms. The van der Waals surface area contributed by atoms with Gasteiger partial charge in [0.05, 0.1) is 6.61 Å². The molecule has 0 aromatic carbocycles. The second kappa shape index (κ2) is 58.4. The molecule has 1 atom stereocenters. The van der Waals surface area contributed by atoms with Gasteiger partial charge >= 0.3 is 11.9 Å². The van der Waals surface area contributed by atoms with Crippen LogP contribution in [0.3, 0.4) is 0 Å². The predicted molar refractivity (Wildman–Crippen MR) is 297 cm³/mol. The normalized spacial score (nSPS) is 12.8. The molecule has 5 heteroatoms. The first-order valence-corrected chi connectivity index (χ1v) is 29.1. The van der Waals surface area contributed by atoms with E-state index in [1.165, 1.54) is 173 Å². The van der Waals surface area contributed by atoms with Crippen LogP contribution in [-0.4, -0.2) is 36.4 Å². The molecule has 392 valence electrons. The van der Waals surface area contributed by atoms with E-state index in [2.05, 4.69) is 98.9 Å². The molecular formula is C63H110O5. The molecule has 0 radical (unpaired) electrons. The zero-order valence-electron chi connectivity index (χ0n) is 44.9. The Morgan fingerprint density at radius 1 is 0.353 bits per heavy atom. The lowest BCUT2D eigenvalue weighted by atomic mass is 10.0. The number of hydrogen-bond donors (Lipinski definition) is 1. The Morgan fingerprint density at radius 2 is 0.632 bits per heavy atom. The van der Waals surface area contributed by atoms with Gasteiger partial charge in [-0.15, -0.1) is 0 Å². The first-order chi connectivity index (χ1) is 33.6. The number of ether oxygens (including phenoxy) is 2. The number of rotatable bonds is 53. The van der Waals surface area contributed by atoms with E-state index >= 15 is 0 Å². The fourth-order valence-electron chi connectivity index (χ4n) is 8.32. The molecule has 0 rings (SSSR count). The molecule has 0 amide bonds. The van der Waals surface area contributed by atoms with Crippen LogP contribution in [-0.2, 0) is 19.1 Å². The van der Waals surface area contributed by atoms with Crippen molar-refractivity contribution < 1.29 is 24.2 Å². The second-order valence-electron chi connectivity index (χ2n) is 19.3. The average molecular weight is 948 g/mol. The maximum atomic E-state index is 12.3. The van der Waals surface area contributed by atoms with Crippen molar-refractivity contribution in [2.75, 3.05) is 13.2 Å². The Bertz CT molecular complexity index is 1250. The third kappa shape index (κ3) is 55.7. The third-order valence-electron chi connectivity index (χ3n) is 12.7. The molecule has 0 fully saturated rings. The highest BCUT2D eigenvalue weighted by atomic mass is 16.6. The first kappa shape index (κ1) is 65.1. The summed E-state index contributed by atoms with van der Waals surface area (Å²) in [5, 5.41) is 9.64. The molecule has 1 N–H and O–H groups in total. The minimum absolute atomic E-state index is 0.0694. The van der Waals surface area contributed by atoms with Crippen LogP contribution in [0.15, 0.2) is 85.1 Å². The van der Waals surface area contributed by atoms with Gasteiger partial charge < -0.3 is 14.6 Å². The molecule has 0 saturated heterocycles. The van der Waals surface area contributed by atoms with Gasteiger partial charge in [-0.2, -0.15) is 0 Å².